The van der Waals surface area contributed by atoms with Gasteiger partial charge in [-0.1, -0.05) is 0 Å². The van der Waals surface area contributed by atoms with Gasteiger partial charge in [-0.15, -0.1) is 11.3 Å². The highest BCUT2D eigenvalue weighted by atomic mass is 79.9. The van der Waals surface area contributed by atoms with Crippen LogP contribution in [0, 0.1) is 4.77 Å². The third-order valence-electron chi connectivity index (χ3n) is 2.64. The van der Waals surface area contributed by atoms with Crippen molar-refractivity contribution in [3.8, 4) is 11.4 Å². The van der Waals surface area contributed by atoms with Crippen LogP contribution in [-0.4, -0.2) is 19.9 Å². The highest BCUT2D eigenvalue weighted by Gasteiger charge is 2.08. The van der Waals surface area contributed by atoms with Gasteiger partial charge in [0.05, 0.1) is 6.54 Å². The Labute approximate surface area is 132 Å². The fraction of sp³-hybridized carbons (Fsp3) is 0.0833. The van der Waals surface area contributed by atoms with E-state index in [1.165, 1.54) is 4.88 Å². The molecule has 2 N–H and O–H groups in total. The quantitative estimate of drug-likeness (QED) is 0.692. The molecule has 0 amide bonds. The monoisotopic (exact) mass is 367 g/mol. The molecule has 20 heavy (non-hydrogen) atoms. The van der Waals surface area contributed by atoms with Crippen molar-refractivity contribution in [3.05, 3.63) is 50.1 Å². The van der Waals surface area contributed by atoms with Gasteiger partial charge >= 0.3 is 0 Å². The SMILES string of the molecule is S=c1[nH]nc(-c2ccncc2)n1NCc1cc(Br)cs1. The van der Waals surface area contributed by atoms with Crippen molar-refractivity contribution in [2.24, 2.45) is 0 Å². The second-order valence-electron chi connectivity index (χ2n) is 3.99. The van der Waals surface area contributed by atoms with Crippen LogP contribution in [0.1, 0.15) is 4.88 Å². The average molecular weight is 368 g/mol. The molecule has 3 aromatic heterocycles. The molecule has 3 aromatic rings. The van der Waals surface area contributed by atoms with Crippen molar-refractivity contribution in [2.75, 3.05) is 5.43 Å². The van der Waals surface area contributed by atoms with Crippen molar-refractivity contribution in [2.45, 2.75) is 6.54 Å². The summed E-state index contributed by atoms with van der Waals surface area (Å²) >= 11 is 10.4. The summed E-state index contributed by atoms with van der Waals surface area (Å²) < 4.78 is 3.40. The first-order chi connectivity index (χ1) is 9.74. The van der Waals surface area contributed by atoms with Crippen LogP contribution in [0.4, 0.5) is 0 Å². The number of hydrogen-bond acceptors (Lipinski definition) is 5. The minimum Gasteiger partial charge on any atom is -0.317 e. The lowest BCUT2D eigenvalue weighted by Crippen LogP contribution is -2.15. The third-order valence-corrected chi connectivity index (χ3v) is 4.62. The van der Waals surface area contributed by atoms with E-state index in [2.05, 4.69) is 48.0 Å². The van der Waals surface area contributed by atoms with Gasteiger partial charge in [-0.3, -0.25) is 4.98 Å². The molecule has 8 heteroatoms. The Balaban J connectivity index is 1.86. The van der Waals surface area contributed by atoms with Crippen LogP contribution < -0.4 is 5.43 Å². The molecule has 0 aromatic carbocycles. The van der Waals surface area contributed by atoms with Crippen LogP contribution in [0.25, 0.3) is 11.4 Å². The van der Waals surface area contributed by atoms with Gasteiger partial charge in [0.15, 0.2) is 5.82 Å². The maximum absolute atomic E-state index is 5.25. The van der Waals surface area contributed by atoms with Crippen molar-refractivity contribution in [1.82, 2.24) is 19.9 Å². The van der Waals surface area contributed by atoms with Gasteiger partial charge in [0.25, 0.3) is 0 Å². The maximum Gasteiger partial charge on any atom is 0.214 e. The first kappa shape index (κ1) is 13.5. The number of hydrogen-bond donors (Lipinski definition) is 2. The Hall–Kier alpha value is -1.51. The average Bonchev–Trinajstić information content (AvgIpc) is 3.04. The number of halogens is 1. The van der Waals surface area contributed by atoms with Crippen LogP contribution in [0.5, 0.6) is 0 Å². The fourth-order valence-electron chi connectivity index (χ4n) is 1.74. The zero-order valence-electron chi connectivity index (χ0n) is 10.2. The molecule has 0 fully saturated rings. The number of aromatic nitrogens is 4. The zero-order chi connectivity index (χ0) is 13.9. The van der Waals surface area contributed by atoms with Crippen molar-refractivity contribution in [3.63, 3.8) is 0 Å². The van der Waals surface area contributed by atoms with E-state index in [4.69, 9.17) is 12.2 Å². The predicted octanol–water partition coefficient (Wildman–Crippen LogP) is 3.57. The van der Waals surface area contributed by atoms with Gasteiger partial charge < -0.3 is 5.43 Å². The van der Waals surface area contributed by atoms with Gasteiger partial charge in [-0.2, -0.15) is 5.10 Å². The fourth-order valence-corrected chi connectivity index (χ4v) is 3.32. The summed E-state index contributed by atoms with van der Waals surface area (Å²) in [5.74, 6) is 0.744. The molecule has 0 saturated carbocycles. The molecule has 0 aliphatic heterocycles. The second kappa shape index (κ2) is 5.86. The molecular weight excluding hydrogens is 358 g/mol. The Bertz CT molecular complexity index is 762. The highest BCUT2D eigenvalue weighted by molar-refractivity contribution is 9.10. The van der Waals surface area contributed by atoms with E-state index < -0.39 is 0 Å². The van der Waals surface area contributed by atoms with Crippen molar-refractivity contribution < 1.29 is 0 Å². The van der Waals surface area contributed by atoms with Gasteiger partial charge in [0, 0.05) is 32.7 Å². The summed E-state index contributed by atoms with van der Waals surface area (Å²) in [6.07, 6.45) is 3.46. The molecule has 5 nitrogen and oxygen atoms in total. The summed E-state index contributed by atoms with van der Waals surface area (Å²) in [5.41, 5.74) is 4.23. The summed E-state index contributed by atoms with van der Waals surface area (Å²) in [6.45, 7) is 0.683. The number of pyridine rings is 1. The lowest BCUT2D eigenvalue weighted by molar-refractivity contribution is 0.838. The van der Waals surface area contributed by atoms with E-state index in [1.54, 1.807) is 28.4 Å². The van der Waals surface area contributed by atoms with E-state index in [9.17, 15) is 0 Å². The van der Waals surface area contributed by atoms with Crippen LogP contribution in [0.15, 0.2) is 40.4 Å². The van der Waals surface area contributed by atoms with Gasteiger partial charge in [-0.25, -0.2) is 9.77 Å². The second-order valence-corrected chi connectivity index (χ2v) is 6.29. The Morgan fingerprint density at radius 2 is 2.20 bits per heavy atom. The smallest absolute Gasteiger partial charge is 0.214 e. The Kier molecular flexibility index (Phi) is 3.95. The normalized spacial score (nSPS) is 10.7. The van der Waals surface area contributed by atoms with Crippen molar-refractivity contribution in [1.29, 1.82) is 0 Å². The number of nitrogens with zero attached hydrogens (tertiary/aromatic N) is 3. The van der Waals surface area contributed by atoms with E-state index in [1.807, 2.05) is 12.1 Å². The third kappa shape index (κ3) is 2.82. The number of rotatable bonds is 4. The molecule has 102 valence electrons. The summed E-state index contributed by atoms with van der Waals surface area (Å²) in [6, 6.07) is 5.86. The standard InChI is InChI=1S/C12H10BrN5S2/c13-9-5-10(20-7-9)6-15-18-11(16-17-12(18)19)8-1-3-14-4-2-8/h1-5,7,15H,6H2,(H,17,19). The molecular formula is C12H10BrN5S2. The van der Waals surface area contributed by atoms with Crippen LogP contribution in [0.3, 0.4) is 0 Å². The topological polar surface area (TPSA) is 58.5 Å². The van der Waals surface area contributed by atoms with Crippen LogP contribution >= 0.6 is 39.5 Å². The number of H-pyrrole nitrogens is 1. The first-order valence-corrected chi connectivity index (χ1v) is 7.87. The molecule has 0 atom stereocenters. The number of aromatic amines is 1. The molecule has 0 unspecified atom stereocenters. The van der Waals surface area contributed by atoms with Crippen LogP contribution in [0.2, 0.25) is 0 Å². The van der Waals surface area contributed by atoms with Crippen LogP contribution in [-0.2, 0) is 6.54 Å². The largest absolute Gasteiger partial charge is 0.317 e. The lowest BCUT2D eigenvalue weighted by Gasteiger charge is -2.08. The number of nitrogens with one attached hydrogen (secondary N) is 2. The maximum atomic E-state index is 5.25. The zero-order valence-corrected chi connectivity index (χ0v) is 13.4. The summed E-state index contributed by atoms with van der Waals surface area (Å²) in [5, 5.41) is 9.11. The van der Waals surface area contributed by atoms with E-state index in [-0.39, 0.29) is 0 Å². The van der Waals surface area contributed by atoms with Gasteiger partial charge in [0.2, 0.25) is 4.77 Å². The molecule has 3 heterocycles. The molecule has 0 aliphatic rings. The summed E-state index contributed by atoms with van der Waals surface area (Å²) in [4.78, 5) is 5.22. The van der Waals surface area contributed by atoms with E-state index in [0.29, 0.717) is 11.3 Å². The number of thiophene rings is 1. The minimum absolute atomic E-state index is 0.535. The highest BCUT2D eigenvalue weighted by Crippen LogP contribution is 2.20. The molecule has 0 bridgehead atoms. The molecule has 0 spiro atoms. The Morgan fingerprint density at radius 1 is 1.40 bits per heavy atom. The molecule has 3 rings (SSSR count). The lowest BCUT2D eigenvalue weighted by atomic mass is 10.2. The molecule has 0 saturated heterocycles. The minimum atomic E-state index is 0.535. The summed E-state index contributed by atoms with van der Waals surface area (Å²) in [7, 11) is 0. The first-order valence-electron chi connectivity index (χ1n) is 5.78. The van der Waals surface area contributed by atoms with E-state index in [0.717, 1.165) is 15.9 Å². The molecule has 0 aliphatic carbocycles. The molecule has 0 radical (unpaired) electrons. The predicted molar refractivity (Wildman–Crippen MR) is 85.7 cm³/mol. The van der Waals surface area contributed by atoms with Gasteiger partial charge in [0.1, 0.15) is 0 Å². The van der Waals surface area contributed by atoms with Crippen molar-refractivity contribution >= 4 is 39.5 Å². The van der Waals surface area contributed by atoms with Gasteiger partial charge in [-0.05, 0) is 46.3 Å². The Morgan fingerprint density at radius 3 is 2.90 bits per heavy atom. The van der Waals surface area contributed by atoms with E-state index >= 15 is 0 Å².